The highest BCUT2D eigenvalue weighted by molar-refractivity contribution is 6.06. The Morgan fingerprint density at radius 3 is 2.81 bits per heavy atom. The third-order valence-electron chi connectivity index (χ3n) is 5.18. The average molecular weight is 370 g/mol. The summed E-state index contributed by atoms with van der Waals surface area (Å²) in [5, 5.41) is 4.41. The number of hydrogen-bond acceptors (Lipinski definition) is 6. The number of aromatic nitrogens is 3. The van der Waals surface area contributed by atoms with E-state index < -0.39 is 0 Å². The number of furan rings is 1. The first kappa shape index (κ1) is 18.1. The smallest absolute Gasteiger partial charge is 0.229 e. The van der Waals surface area contributed by atoms with Crippen molar-refractivity contribution >= 4 is 28.0 Å². The number of hydrogen-bond donors (Lipinski definition) is 2. The molecule has 0 spiro atoms. The number of quaternary nitrogens is 1. The zero-order valence-electron chi connectivity index (χ0n) is 16.8. The molecule has 1 aliphatic rings. The van der Waals surface area contributed by atoms with Crippen LogP contribution >= 0.6 is 0 Å². The van der Waals surface area contributed by atoms with Crippen LogP contribution in [0, 0.1) is 6.92 Å². The molecule has 144 valence electrons. The molecule has 0 saturated heterocycles. The Morgan fingerprint density at radius 1 is 1.22 bits per heavy atom. The van der Waals surface area contributed by atoms with E-state index in [-0.39, 0.29) is 5.60 Å². The van der Waals surface area contributed by atoms with Crippen LogP contribution in [-0.4, -0.2) is 47.7 Å². The zero-order chi connectivity index (χ0) is 19.2. The SMILES string of the molecule is Cc1nc2oc3c(NCCC[NH+](C)C)ncnc3c2c2c1COC(C)(C)C2. The second-order valence-corrected chi connectivity index (χ2v) is 8.30. The van der Waals surface area contributed by atoms with Crippen LogP contribution in [0.5, 0.6) is 0 Å². The summed E-state index contributed by atoms with van der Waals surface area (Å²) in [6.45, 7) is 8.78. The minimum Gasteiger partial charge on any atom is -0.432 e. The van der Waals surface area contributed by atoms with E-state index in [1.807, 2.05) is 6.92 Å². The lowest BCUT2D eigenvalue weighted by atomic mass is 9.89. The molecule has 7 heteroatoms. The second kappa shape index (κ2) is 6.73. The van der Waals surface area contributed by atoms with E-state index in [1.165, 1.54) is 10.5 Å². The van der Waals surface area contributed by atoms with Gasteiger partial charge in [-0.2, -0.15) is 0 Å². The first-order chi connectivity index (χ1) is 12.9. The standard InChI is InChI=1S/C20H27N5O2/c1-12-14-10-26-20(2,3)9-13(14)15-16-17(27-19(15)24-12)18(23-11-22-16)21-7-6-8-25(4)5/h11H,6-10H2,1-5H3,(H,21,22,23)/p+1. The van der Waals surface area contributed by atoms with Gasteiger partial charge in [0.2, 0.25) is 5.71 Å². The Balaban J connectivity index is 1.79. The van der Waals surface area contributed by atoms with E-state index in [0.29, 0.717) is 17.9 Å². The fourth-order valence-electron chi connectivity index (χ4n) is 3.74. The minimum atomic E-state index is -0.208. The molecule has 3 aromatic heterocycles. The molecule has 0 radical (unpaired) electrons. The number of fused-ring (bicyclic) bond motifs is 5. The van der Waals surface area contributed by atoms with Gasteiger partial charge in [-0.15, -0.1) is 0 Å². The summed E-state index contributed by atoms with van der Waals surface area (Å²) in [4.78, 5) is 15.1. The molecule has 3 aromatic rings. The quantitative estimate of drug-likeness (QED) is 0.668. The largest absolute Gasteiger partial charge is 0.432 e. The predicted molar refractivity (Wildman–Crippen MR) is 105 cm³/mol. The molecule has 4 rings (SSSR count). The molecule has 27 heavy (non-hydrogen) atoms. The normalized spacial score (nSPS) is 16.2. The molecule has 0 aromatic carbocycles. The topological polar surface area (TPSA) is 77.5 Å². The molecule has 2 N–H and O–H groups in total. The van der Waals surface area contributed by atoms with Gasteiger partial charge in [-0.25, -0.2) is 15.0 Å². The maximum atomic E-state index is 6.13. The molecule has 4 heterocycles. The molecule has 7 nitrogen and oxygen atoms in total. The number of rotatable bonds is 5. The number of nitrogens with one attached hydrogen (secondary N) is 2. The Morgan fingerprint density at radius 2 is 2.04 bits per heavy atom. The summed E-state index contributed by atoms with van der Waals surface area (Å²) in [5.41, 5.74) is 5.32. The summed E-state index contributed by atoms with van der Waals surface area (Å²) in [6.07, 6.45) is 3.48. The van der Waals surface area contributed by atoms with Crippen molar-refractivity contribution in [1.29, 1.82) is 0 Å². The first-order valence-corrected chi connectivity index (χ1v) is 9.58. The van der Waals surface area contributed by atoms with Crippen LogP contribution in [0.1, 0.15) is 37.1 Å². The third kappa shape index (κ3) is 3.37. The van der Waals surface area contributed by atoms with Gasteiger partial charge >= 0.3 is 0 Å². The van der Waals surface area contributed by atoms with Crippen LogP contribution in [0.4, 0.5) is 5.82 Å². The minimum absolute atomic E-state index is 0.208. The molecule has 1 aliphatic heterocycles. The van der Waals surface area contributed by atoms with Gasteiger partial charge in [0.05, 0.1) is 38.2 Å². The van der Waals surface area contributed by atoms with E-state index >= 15 is 0 Å². The van der Waals surface area contributed by atoms with Crippen LogP contribution in [0.2, 0.25) is 0 Å². The molecular formula is C20H28N5O2+. The van der Waals surface area contributed by atoms with Gasteiger partial charge < -0.3 is 19.4 Å². The van der Waals surface area contributed by atoms with Crippen molar-refractivity contribution in [3.05, 3.63) is 23.1 Å². The van der Waals surface area contributed by atoms with Gasteiger partial charge in [-0.1, -0.05) is 0 Å². The Labute approximate surface area is 159 Å². The summed E-state index contributed by atoms with van der Waals surface area (Å²) < 4.78 is 12.1. The number of anilines is 1. The molecule has 0 unspecified atom stereocenters. The lowest BCUT2D eigenvalue weighted by molar-refractivity contribution is -0.858. The van der Waals surface area contributed by atoms with E-state index in [0.717, 1.165) is 53.9 Å². The molecule has 0 aliphatic carbocycles. The highest BCUT2D eigenvalue weighted by atomic mass is 16.5. The fraction of sp³-hybridized carbons (Fsp3) is 0.550. The van der Waals surface area contributed by atoms with Gasteiger partial charge in [0.15, 0.2) is 11.4 Å². The molecular weight excluding hydrogens is 342 g/mol. The van der Waals surface area contributed by atoms with Crippen LogP contribution in [-0.2, 0) is 17.8 Å². The van der Waals surface area contributed by atoms with Gasteiger partial charge in [0.1, 0.15) is 11.8 Å². The van der Waals surface area contributed by atoms with E-state index in [4.69, 9.17) is 9.15 Å². The maximum absolute atomic E-state index is 6.13. The molecule has 0 amide bonds. The van der Waals surface area contributed by atoms with E-state index in [9.17, 15) is 0 Å². The summed E-state index contributed by atoms with van der Waals surface area (Å²) >= 11 is 0. The number of aryl methyl sites for hydroxylation is 1. The predicted octanol–water partition coefficient (Wildman–Crippen LogP) is 1.88. The lowest BCUT2D eigenvalue weighted by Crippen LogP contribution is -3.05. The third-order valence-corrected chi connectivity index (χ3v) is 5.18. The number of nitrogens with zero attached hydrogens (tertiary/aromatic N) is 3. The molecule has 0 atom stereocenters. The highest BCUT2D eigenvalue weighted by Gasteiger charge is 2.31. The van der Waals surface area contributed by atoms with Gasteiger partial charge in [0.25, 0.3) is 0 Å². The van der Waals surface area contributed by atoms with Gasteiger partial charge in [-0.3, -0.25) is 0 Å². The van der Waals surface area contributed by atoms with Crippen LogP contribution in [0.25, 0.3) is 22.2 Å². The average Bonchev–Trinajstić information content (AvgIpc) is 2.96. The monoisotopic (exact) mass is 370 g/mol. The fourth-order valence-corrected chi connectivity index (χ4v) is 3.74. The van der Waals surface area contributed by atoms with E-state index in [2.05, 4.69) is 48.2 Å². The summed E-state index contributed by atoms with van der Waals surface area (Å²) in [7, 11) is 4.31. The van der Waals surface area contributed by atoms with Crippen LogP contribution < -0.4 is 10.2 Å². The molecule has 0 saturated carbocycles. The van der Waals surface area contributed by atoms with Crippen LogP contribution in [0.3, 0.4) is 0 Å². The highest BCUT2D eigenvalue weighted by Crippen LogP contribution is 2.39. The molecule has 0 bridgehead atoms. The van der Waals surface area contributed by atoms with Crippen molar-refractivity contribution in [3.63, 3.8) is 0 Å². The lowest BCUT2D eigenvalue weighted by Gasteiger charge is -2.32. The summed E-state index contributed by atoms with van der Waals surface area (Å²) in [5.74, 6) is 0.740. The van der Waals surface area contributed by atoms with Crippen molar-refractivity contribution in [2.24, 2.45) is 0 Å². The number of pyridine rings is 1. The Bertz CT molecular complexity index is 993. The van der Waals surface area contributed by atoms with Crippen LogP contribution in [0.15, 0.2) is 10.7 Å². The maximum Gasteiger partial charge on any atom is 0.229 e. The Kier molecular flexibility index (Phi) is 4.52. The van der Waals surface area contributed by atoms with Crippen molar-refractivity contribution in [1.82, 2.24) is 15.0 Å². The zero-order valence-corrected chi connectivity index (χ0v) is 16.8. The Hall–Kier alpha value is -2.25. The van der Waals surface area contributed by atoms with Crippen molar-refractivity contribution in [3.8, 4) is 0 Å². The van der Waals surface area contributed by atoms with Crippen molar-refractivity contribution in [2.45, 2.75) is 45.8 Å². The van der Waals surface area contributed by atoms with E-state index in [1.54, 1.807) is 6.33 Å². The second-order valence-electron chi connectivity index (χ2n) is 8.30. The van der Waals surface area contributed by atoms with Gasteiger partial charge in [-0.05, 0) is 26.3 Å². The van der Waals surface area contributed by atoms with Crippen molar-refractivity contribution in [2.75, 3.05) is 32.5 Å². The first-order valence-electron chi connectivity index (χ1n) is 9.58. The molecule has 0 fully saturated rings. The van der Waals surface area contributed by atoms with Crippen molar-refractivity contribution < 1.29 is 14.1 Å². The number of ether oxygens (including phenoxy) is 1. The summed E-state index contributed by atoms with van der Waals surface area (Å²) in [6, 6.07) is 0. The van der Waals surface area contributed by atoms with Gasteiger partial charge in [0, 0.05) is 30.6 Å².